The fourth-order valence-corrected chi connectivity index (χ4v) is 1.42. The summed E-state index contributed by atoms with van der Waals surface area (Å²) in [5, 5.41) is 10.5. The summed E-state index contributed by atoms with van der Waals surface area (Å²) in [6, 6.07) is 1.23. The molecule has 0 atom stereocenters. The number of hydrogen-bond donors (Lipinski definition) is 2. The highest BCUT2D eigenvalue weighted by molar-refractivity contribution is 5.89. The van der Waals surface area contributed by atoms with E-state index in [0.29, 0.717) is 5.69 Å². The van der Waals surface area contributed by atoms with Crippen LogP contribution < -0.4 is 5.32 Å². The van der Waals surface area contributed by atoms with Crippen molar-refractivity contribution in [3.05, 3.63) is 23.0 Å². The molecule has 0 aliphatic rings. The van der Waals surface area contributed by atoms with Gasteiger partial charge in [0, 0.05) is 18.4 Å². The highest BCUT2D eigenvalue weighted by Gasteiger charge is 2.38. The third-order valence-electron chi connectivity index (χ3n) is 2.55. The van der Waals surface area contributed by atoms with E-state index in [4.69, 9.17) is 5.11 Å². The van der Waals surface area contributed by atoms with Crippen molar-refractivity contribution >= 4 is 11.9 Å². The van der Waals surface area contributed by atoms with E-state index in [1.807, 2.05) is 0 Å². The number of hydrogen-bond acceptors (Lipinski definition) is 2. The van der Waals surface area contributed by atoms with Crippen molar-refractivity contribution in [2.45, 2.75) is 19.6 Å². The fourth-order valence-electron chi connectivity index (χ4n) is 1.42. The Morgan fingerprint density at radius 1 is 1.44 bits per heavy atom. The standard InChI is InChI=1S/C10H11F3N2O3/c1-5-7(8(16)17)3-6(15(5)2)4-14-9(18)10(11,12)13/h3H,4H2,1-2H3,(H,14,18)(H,16,17). The number of alkyl halides is 3. The first-order valence-electron chi connectivity index (χ1n) is 4.88. The Balaban J connectivity index is 2.84. The minimum atomic E-state index is -4.95. The number of halogens is 3. The van der Waals surface area contributed by atoms with Gasteiger partial charge in [0.05, 0.1) is 12.1 Å². The number of aromatic carboxylic acids is 1. The molecule has 5 nitrogen and oxygen atoms in total. The van der Waals surface area contributed by atoms with Gasteiger partial charge in [0.15, 0.2) is 0 Å². The molecule has 0 unspecified atom stereocenters. The van der Waals surface area contributed by atoms with Crippen molar-refractivity contribution in [3.63, 3.8) is 0 Å². The van der Waals surface area contributed by atoms with Gasteiger partial charge in [-0.2, -0.15) is 13.2 Å². The number of carbonyl (C=O) groups excluding carboxylic acids is 1. The summed E-state index contributed by atoms with van der Waals surface area (Å²) in [4.78, 5) is 21.4. The summed E-state index contributed by atoms with van der Waals surface area (Å²) in [5.41, 5.74) is 0.676. The number of nitrogens with zero attached hydrogens (tertiary/aromatic N) is 1. The van der Waals surface area contributed by atoms with E-state index in [2.05, 4.69) is 0 Å². The second kappa shape index (κ2) is 4.71. The first kappa shape index (κ1) is 14.1. The largest absolute Gasteiger partial charge is 0.478 e. The van der Waals surface area contributed by atoms with Crippen molar-refractivity contribution < 1.29 is 27.9 Å². The van der Waals surface area contributed by atoms with Crippen molar-refractivity contribution in [1.82, 2.24) is 9.88 Å². The van der Waals surface area contributed by atoms with Crippen LogP contribution in [0.1, 0.15) is 21.7 Å². The van der Waals surface area contributed by atoms with Crippen LogP contribution >= 0.6 is 0 Å². The third kappa shape index (κ3) is 2.82. The zero-order valence-corrected chi connectivity index (χ0v) is 9.63. The van der Waals surface area contributed by atoms with Crippen LogP contribution in [0.4, 0.5) is 13.2 Å². The molecule has 0 fully saturated rings. The molecule has 0 aliphatic carbocycles. The van der Waals surface area contributed by atoms with Crippen LogP contribution in [0.3, 0.4) is 0 Å². The lowest BCUT2D eigenvalue weighted by Gasteiger charge is -2.09. The first-order chi connectivity index (χ1) is 8.14. The summed E-state index contributed by atoms with van der Waals surface area (Å²) < 4.78 is 37.3. The summed E-state index contributed by atoms with van der Waals surface area (Å²) in [6.07, 6.45) is -4.95. The Morgan fingerprint density at radius 2 is 2.00 bits per heavy atom. The average molecular weight is 264 g/mol. The Hall–Kier alpha value is -1.99. The number of carboxylic acid groups (broad SMARTS) is 1. The number of carboxylic acids is 1. The third-order valence-corrected chi connectivity index (χ3v) is 2.55. The maximum Gasteiger partial charge on any atom is 0.471 e. The van der Waals surface area contributed by atoms with Gasteiger partial charge in [-0.3, -0.25) is 4.79 Å². The minimum absolute atomic E-state index is 0.00578. The van der Waals surface area contributed by atoms with E-state index in [0.717, 1.165) is 0 Å². The quantitative estimate of drug-likeness (QED) is 0.862. The lowest BCUT2D eigenvalue weighted by Crippen LogP contribution is -2.36. The number of rotatable bonds is 3. The first-order valence-corrected chi connectivity index (χ1v) is 4.88. The van der Waals surface area contributed by atoms with E-state index in [1.165, 1.54) is 24.6 Å². The van der Waals surface area contributed by atoms with E-state index in [-0.39, 0.29) is 17.8 Å². The van der Waals surface area contributed by atoms with Crippen molar-refractivity contribution in [2.75, 3.05) is 0 Å². The second-order valence-electron chi connectivity index (χ2n) is 3.68. The predicted octanol–water partition coefficient (Wildman–Crippen LogP) is 1.21. The topological polar surface area (TPSA) is 71.3 Å². The Bertz CT molecular complexity index is 491. The second-order valence-corrected chi connectivity index (χ2v) is 3.68. The maximum atomic E-state index is 12.0. The SMILES string of the molecule is Cc1c(C(=O)O)cc(CNC(=O)C(F)(F)F)n1C. The minimum Gasteiger partial charge on any atom is -0.478 e. The molecule has 1 aromatic heterocycles. The normalized spacial score (nSPS) is 11.4. The fraction of sp³-hybridized carbons (Fsp3) is 0.400. The molecule has 1 rings (SSSR count). The number of carbonyl (C=O) groups is 2. The van der Waals surface area contributed by atoms with Crippen LogP contribution in [0.25, 0.3) is 0 Å². The van der Waals surface area contributed by atoms with Gasteiger partial charge in [0.1, 0.15) is 0 Å². The van der Waals surface area contributed by atoms with Gasteiger partial charge in [0.25, 0.3) is 0 Å². The summed E-state index contributed by atoms with van der Waals surface area (Å²) >= 11 is 0. The molecule has 0 spiro atoms. The summed E-state index contributed by atoms with van der Waals surface area (Å²) in [6.45, 7) is 1.14. The molecule has 2 N–H and O–H groups in total. The van der Waals surface area contributed by atoms with Gasteiger partial charge in [-0.15, -0.1) is 0 Å². The Labute approximate surface area is 100 Å². The highest BCUT2D eigenvalue weighted by atomic mass is 19.4. The molecule has 0 radical (unpaired) electrons. The van der Waals surface area contributed by atoms with Crippen LogP contribution in [0.15, 0.2) is 6.07 Å². The average Bonchev–Trinajstić information content (AvgIpc) is 2.52. The molecule has 0 aliphatic heterocycles. The zero-order valence-electron chi connectivity index (χ0n) is 9.63. The van der Waals surface area contributed by atoms with Gasteiger partial charge in [-0.1, -0.05) is 0 Å². The number of nitrogens with one attached hydrogen (secondary N) is 1. The Morgan fingerprint density at radius 3 is 2.39 bits per heavy atom. The number of amides is 1. The molecule has 0 saturated heterocycles. The molecule has 0 aromatic carbocycles. The molecule has 0 bridgehead atoms. The molecule has 1 aromatic rings. The molecular formula is C10H11F3N2O3. The number of aromatic nitrogens is 1. The maximum absolute atomic E-state index is 12.0. The predicted molar refractivity (Wildman–Crippen MR) is 55.0 cm³/mol. The highest BCUT2D eigenvalue weighted by Crippen LogP contribution is 2.16. The monoisotopic (exact) mass is 264 g/mol. The molecular weight excluding hydrogens is 253 g/mol. The van der Waals surface area contributed by atoms with Crippen LogP contribution in [-0.2, 0) is 18.4 Å². The van der Waals surface area contributed by atoms with Crippen LogP contribution in [0, 0.1) is 6.92 Å². The molecule has 1 amide bonds. The van der Waals surface area contributed by atoms with Crippen molar-refractivity contribution in [3.8, 4) is 0 Å². The molecule has 18 heavy (non-hydrogen) atoms. The lowest BCUT2D eigenvalue weighted by molar-refractivity contribution is -0.173. The van der Waals surface area contributed by atoms with Crippen LogP contribution in [0.5, 0.6) is 0 Å². The van der Waals surface area contributed by atoms with E-state index in [9.17, 15) is 22.8 Å². The van der Waals surface area contributed by atoms with E-state index < -0.39 is 18.1 Å². The molecule has 1 heterocycles. The zero-order chi connectivity index (χ0) is 14.1. The molecule has 8 heteroatoms. The van der Waals surface area contributed by atoms with Gasteiger partial charge >= 0.3 is 18.1 Å². The van der Waals surface area contributed by atoms with Crippen LogP contribution in [-0.4, -0.2) is 27.7 Å². The van der Waals surface area contributed by atoms with Crippen molar-refractivity contribution in [1.29, 1.82) is 0 Å². The summed E-state index contributed by atoms with van der Waals surface area (Å²) in [5.74, 6) is -3.23. The van der Waals surface area contributed by atoms with E-state index >= 15 is 0 Å². The van der Waals surface area contributed by atoms with E-state index in [1.54, 1.807) is 5.32 Å². The van der Waals surface area contributed by atoms with Gasteiger partial charge in [-0.25, -0.2) is 4.79 Å². The lowest BCUT2D eigenvalue weighted by atomic mass is 10.2. The Kier molecular flexibility index (Phi) is 3.68. The van der Waals surface area contributed by atoms with Gasteiger partial charge < -0.3 is 15.0 Å². The summed E-state index contributed by atoms with van der Waals surface area (Å²) in [7, 11) is 1.51. The van der Waals surface area contributed by atoms with Gasteiger partial charge in [0.2, 0.25) is 0 Å². The van der Waals surface area contributed by atoms with Gasteiger partial charge in [-0.05, 0) is 13.0 Å². The van der Waals surface area contributed by atoms with Crippen molar-refractivity contribution in [2.24, 2.45) is 7.05 Å². The van der Waals surface area contributed by atoms with Crippen LogP contribution in [0.2, 0.25) is 0 Å². The smallest absolute Gasteiger partial charge is 0.471 e. The molecule has 100 valence electrons. The molecule has 0 saturated carbocycles.